The highest BCUT2D eigenvalue weighted by atomic mass is 32.2. The van der Waals surface area contributed by atoms with Crippen LogP contribution in [0, 0.1) is 0 Å². The Bertz CT molecular complexity index is 795. The summed E-state index contributed by atoms with van der Waals surface area (Å²) in [5.74, 6) is -0.455. The highest BCUT2D eigenvalue weighted by Crippen LogP contribution is 2.38. The average molecular weight is 364 g/mol. The largest absolute Gasteiger partial charge is 0.341 e. The maximum absolute atomic E-state index is 13.0. The van der Waals surface area contributed by atoms with Crippen molar-refractivity contribution in [2.24, 2.45) is 0 Å². The van der Waals surface area contributed by atoms with Crippen LogP contribution < -0.4 is 4.90 Å². The second-order valence-corrected chi connectivity index (χ2v) is 9.88. The molecule has 2 amide bonds. The van der Waals surface area contributed by atoms with Crippen molar-refractivity contribution in [1.29, 1.82) is 0 Å². The lowest BCUT2D eigenvalue weighted by Crippen LogP contribution is -2.45. The van der Waals surface area contributed by atoms with Crippen molar-refractivity contribution < 1.29 is 18.0 Å². The molecule has 0 aromatic heterocycles. The Kier molecular flexibility index (Phi) is 4.62. The van der Waals surface area contributed by atoms with Gasteiger partial charge in [0.25, 0.3) is 0 Å². The van der Waals surface area contributed by atoms with Crippen molar-refractivity contribution >= 4 is 27.3 Å². The van der Waals surface area contributed by atoms with Gasteiger partial charge in [0, 0.05) is 19.5 Å². The first-order valence-corrected chi connectivity index (χ1v) is 10.1. The van der Waals surface area contributed by atoms with Crippen LogP contribution in [0.2, 0.25) is 0 Å². The van der Waals surface area contributed by atoms with Crippen LogP contribution in [0.1, 0.15) is 39.5 Å². The second kappa shape index (κ2) is 6.44. The SMILES string of the molecule is CC1(C)CC(=O)N(CC(=O)N2CCCCC2)c2ccccc2S1(=O)=O. The number of amides is 2. The van der Waals surface area contributed by atoms with Crippen LogP contribution in [0.5, 0.6) is 0 Å². The standard InChI is InChI=1S/C18H24N2O4S/c1-18(2)12-16(21)20(13-17(22)19-10-6-3-7-11-19)14-8-4-5-9-15(14)25(18,23)24/h4-5,8-9H,3,6-7,10-13H2,1-2H3. The molecule has 0 unspecified atom stereocenters. The van der Waals surface area contributed by atoms with Gasteiger partial charge < -0.3 is 9.80 Å². The third-order valence-corrected chi connectivity index (χ3v) is 7.58. The minimum absolute atomic E-state index is 0.110. The Hall–Kier alpha value is -1.89. The number of rotatable bonds is 2. The maximum Gasteiger partial charge on any atom is 0.242 e. The number of anilines is 1. The molecule has 0 bridgehead atoms. The molecule has 0 spiro atoms. The Morgan fingerprint density at radius 3 is 2.44 bits per heavy atom. The molecule has 1 fully saturated rings. The molecule has 136 valence electrons. The number of hydrogen-bond donors (Lipinski definition) is 0. The van der Waals surface area contributed by atoms with Crippen molar-refractivity contribution in [3.63, 3.8) is 0 Å². The van der Waals surface area contributed by atoms with Gasteiger partial charge >= 0.3 is 0 Å². The van der Waals surface area contributed by atoms with E-state index in [0.29, 0.717) is 18.8 Å². The summed E-state index contributed by atoms with van der Waals surface area (Å²) in [5.41, 5.74) is 0.309. The van der Waals surface area contributed by atoms with Crippen molar-refractivity contribution in [3.05, 3.63) is 24.3 Å². The number of nitrogens with zero attached hydrogens (tertiary/aromatic N) is 2. The lowest BCUT2D eigenvalue weighted by Gasteiger charge is -2.30. The summed E-state index contributed by atoms with van der Waals surface area (Å²) in [6.45, 7) is 4.42. The first kappa shape index (κ1) is 17.9. The van der Waals surface area contributed by atoms with Crippen molar-refractivity contribution in [2.75, 3.05) is 24.5 Å². The molecule has 2 aliphatic heterocycles. The van der Waals surface area contributed by atoms with E-state index in [1.165, 1.54) is 11.0 Å². The summed E-state index contributed by atoms with van der Waals surface area (Å²) >= 11 is 0. The minimum Gasteiger partial charge on any atom is -0.341 e. The molecule has 1 aromatic rings. The van der Waals surface area contributed by atoms with Gasteiger partial charge in [-0.15, -0.1) is 0 Å². The van der Waals surface area contributed by atoms with Crippen molar-refractivity contribution in [2.45, 2.75) is 49.2 Å². The molecule has 2 heterocycles. The van der Waals surface area contributed by atoms with Crippen molar-refractivity contribution in [1.82, 2.24) is 4.90 Å². The second-order valence-electron chi connectivity index (χ2n) is 7.33. The number of benzene rings is 1. The van der Waals surface area contributed by atoms with E-state index in [1.807, 2.05) is 0 Å². The molecule has 7 heteroatoms. The molecule has 0 atom stereocenters. The van der Waals surface area contributed by atoms with E-state index in [0.717, 1.165) is 19.3 Å². The fraction of sp³-hybridized carbons (Fsp3) is 0.556. The Morgan fingerprint density at radius 1 is 1.12 bits per heavy atom. The lowest BCUT2D eigenvalue weighted by molar-refractivity contribution is -0.132. The third-order valence-electron chi connectivity index (χ3n) is 5.05. The molecule has 2 aliphatic rings. The lowest BCUT2D eigenvalue weighted by atomic mass is 10.1. The summed E-state index contributed by atoms with van der Waals surface area (Å²) in [6, 6.07) is 6.46. The molecule has 0 N–H and O–H groups in total. The summed E-state index contributed by atoms with van der Waals surface area (Å²) < 4.78 is 24.7. The van der Waals surface area contributed by atoms with Crippen LogP contribution in [0.3, 0.4) is 0 Å². The fourth-order valence-corrected chi connectivity index (χ4v) is 5.07. The van der Waals surface area contributed by atoms with Crippen LogP contribution in [0.15, 0.2) is 29.2 Å². The third kappa shape index (κ3) is 3.17. The van der Waals surface area contributed by atoms with E-state index >= 15 is 0 Å². The highest BCUT2D eigenvalue weighted by Gasteiger charge is 2.44. The molecule has 6 nitrogen and oxygen atoms in total. The van der Waals surface area contributed by atoms with E-state index in [4.69, 9.17) is 0 Å². The van der Waals surface area contributed by atoms with Crippen LogP contribution in [-0.2, 0) is 19.4 Å². The molecule has 0 radical (unpaired) electrons. The van der Waals surface area contributed by atoms with Gasteiger partial charge in [-0.05, 0) is 45.2 Å². The molecule has 25 heavy (non-hydrogen) atoms. The summed E-state index contributed by atoms with van der Waals surface area (Å²) in [7, 11) is -3.67. The predicted octanol–water partition coefficient (Wildman–Crippen LogP) is 1.99. The summed E-state index contributed by atoms with van der Waals surface area (Å²) in [5, 5.41) is 0. The minimum atomic E-state index is -3.67. The van der Waals surface area contributed by atoms with E-state index in [-0.39, 0.29) is 29.7 Å². The molecular weight excluding hydrogens is 340 g/mol. The number of hydrogen-bond acceptors (Lipinski definition) is 4. The van der Waals surface area contributed by atoms with Gasteiger partial charge in [-0.2, -0.15) is 0 Å². The number of para-hydroxylation sites is 1. The van der Waals surface area contributed by atoms with E-state index in [2.05, 4.69) is 0 Å². The van der Waals surface area contributed by atoms with Crippen LogP contribution >= 0.6 is 0 Å². The van der Waals surface area contributed by atoms with Crippen LogP contribution in [-0.4, -0.2) is 49.5 Å². The maximum atomic E-state index is 13.0. The molecule has 1 aromatic carbocycles. The molecule has 1 saturated heterocycles. The topological polar surface area (TPSA) is 74.8 Å². The van der Waals surface area contributed by atoms with E-state index in [9.17, 15) is 18.0 Å². The zero-order valence-electron chi connectivity index (χ0n) is 14.7. The Balaban J connectivity index is 1.98. The number of piperidine rings is 1. The van der Waals surface area contributed by atoms with Crippen LogP contribution in [0.4, 0.5) is 5.69 Å². The van der Waals surface area contributed by atoms with Gasteiger partial charge in [-0.3, -0.25) is 9.59 Å². The number of carbonyl (C=O) groups is 2. The quantitative estimate of drug-likeness (QED) is 0.804. The van der Waals surface area contributed by atoms with Crippen molar-refractivity contribution in [3.8, 4) is 0 Å². The number of carbonyl (C=O) groups excluding carboxylic acids is 2. The summed E-state index contributed by atoms with van der Waals surface area (Å²) in [6.07, 6.45) is 2.91. The van der Waals surface area contributed by atoms with Gasteiger partial charge in [-0.25, -0.2) is 8.42 Å². The number of fused-ring (bicyclic) bond motifs is 1. The van der Waals surface area contributed by atoms with Gasteiger partial charge in [0.2, 0.25) is 11.8 Å². The Morgan fingerprint density at radius 2 is 1.76 bits per heavy atom. The molecule has 0 saturated carbocycles. The predicted molar refractivity (Wildman–Crippen MR) is 95.1 cm³/mol. The first-order chi connectivity index (χ1) is 11.7. The molecule has 0 aliphatic carbocycles. The first-order valence-electron chi connectivity index (χ1n) is 8.66. The van der Waals surface area contributed by atoms with Gasteiger partial charge in [-0.1, -0.05) is 12.1 Å². The smallest absolute Gasteiger partial charge is 0.242 e. The Labute approximate surface area is 148 Å². The molecular formula is C18H24N2O4S. The molecule has 3 rings (SSSR count). The fourth-order valence-electron chi connectivity index (χ4n) is 3.45. The van der Waals surface area contributed by atoms with E-state index in [1.54, 1.807) is 36.9 Å². The number of likely N-dealkylation sites (tertiary alicyclic amines) is 1. The van der Waals surface area contributed by atoms with Gasteiger partial charge in [0.15, 0.2) is 9.84 Å². The monoisotopic (exact) mass is 364 g/mol. The van der Waals surface area contributed by atoms with Gasteiger partial charge in [0.05, 0.1) is 15.3 Å². The average Bonchev–Trinajstić information content (AvgIpc) is 2.64. The summed E-state index contributed by atoms with van der Waals surface area (Å²) in [4.78, 5) is 28.7. The van der Waals surface area contributed by atoms with E-state index < -0.39 is 14.6 Å². The zero-order valence-corrected chi connectivity index (χ0v) is 15.5. The van der Waals surface area contributed by atoms with Crippen LogP contribution in [0.25, 0.3) is 0 Å². The van der Waals surface area contributed by atoms with Gasteiger partial charge in [0.1, 0.15) is 6.54 Å². The highest BCUT2D eigenvalue weighted by molar-refractivity contribution is 7.93. The number of sulfone groups is 1. The zero-order chi connectivity index (χ0) is 18.2. The normalized spacial score (nSPS) is 22.2.